The van der Waals surface area contributed by atoms with Crippen molar-refractivity contribution < 1.29 is 9.18 Å². The minimum absolute atomic E-state index is 0.000463. The summed E-state index contributed by atoms with van der Waals surface area (Å²) in [5, 5.41) is 0.376. The Labute approximate surface area is 86.9 Å². The van der Waals surface area contributed by atoms with Gasteiger partial charge in [-0.3, -0.25) is 4.79 Å². The van der Waals surface area contributed by atoms with Crippen molar-refractivity contribution in [1.82, 2.24) is 0 Å². The van der Waals surface area contributed by atoms with Crippen LogP contribution in [0.5, 0.6) is 0 Å². The predicted molar refractivity (Wildman–Crippen MR) is 53.4 cm³/mol. The second-order valence-corrected chi connectivity index (χ2v) is 4.12. The number of halogens is 2. The van der Waals surface area contributed by atoms with Crippen LogP contribution in [0.25, 0.3) is 0 Å². The van der Waals surface area contributed by atoms with Crippen molar-refractivity contribution in [2.75, 3.05) is 0 Å². The number of rotatable bonds is 0. The van der Waals surface area contributed by atoms with Crippen molar-refractivity contribution in [3.05, 3.63) is 34.1 Å². The molecule has 0 bridgehead atoms. The minimum Gasteiger partial charge on any atom is -0.294 e. The van der Waals surface area contributed by atoms with E-state index in [9.17, 15) is 9.18 Å². The molecule has 1 nitrogen and oxygen atoms in total. The van der Waals surface area contributed by atoms with Gasteiger partial charge in [-0.05, 0) is 30.0 Å². The summed E-state index contributed by atoms with van der Waals surface area (Å²) in [6.07, 6.45) is 1.30. The zero-order chi connectivity index (χ0) is 10.3. The average molecular weight is 213 g/mol. The monoisotopic (exact) mass is 212 g/mol. The summed E-state index contributed by atoms with van der Waals surface area (Å²) in [4.78, 5) is 11.5. The normalized spacial score (nSPS) is 20.8. The molecule has 0 saturated carbocycles. The molecule has 0 N–H and O–H groups in total. The second-order valence-electron chi connectivity index (χ2n) is 3.71. The smallest absolute Gasteiger partial charge is 0.163 e. The van der Waals surface area contributed by atoms with Crippen LogP contribution in [0.1, 0.15) is 41.6 Å². The standard InChI is InChI=1S/C11H10ClFO/c1-6-2-3-10(14)8-4-7(13)5-9(12)11(6)8/h4-6H,2-3H2,1H3. The van der Waals surface area contributed by atoms with E-state index < -0.39 is 5.82 Å². The summed E-state index contributed by atoms with van der Waals surface area (Å²) >= 11 is 5.92. The molecule has 0 aliphatic heterocycles. The van der Waals surface area contributed by atoms with Crippen LogP contribution in [0.15, 0.2) is 12.1 Å². The summed E-state index contributed by atoms with van der Waals surface area (Å²) in [6.45, 7) is 2.01. The molecule has 74 valence electrons. The Hall–Kier alpha value is -0.890. The van der Waals surface area contributed by atoms with E-state index in [2.05, 4.69) is 0 Å². The maximum absolute atomic E-state index is 13.0. The molecule has 3 heteroatoms. The zero-order valence-corrected chi connectivity index (χ0v) is 8.57. The molecule has 2 rings (SSSR count). The number of carbonyl (C=O) groups is 1. The molecule has 1 unspecified atom stereocenters. The van der Waals surface area contributed by atoms with Crippen LogP contribution in [0.4, 0.5) is 4.39 Å². The maximum Gasteiger partial charge on any atom is 0.163 e. The van der Waals surface area contributed by atoms with Gasteiger partial charge < -0.3 is 0 Å². The number of Topliss-reactive ketones (excluding diaryl/α,β-unsaturated/α-hetero) is 1. The van der Waals surface area contributed by atoms with E-state index in [0.29, 0.717) is 17.0 Å². The third-order valence-electron chi connectivity index (χ3n) is 2.69. The Balaban J connectivity index is 2.66. The highest BCUT2D eigenvalue weighted by Crippen LogP contribution is 2.36. The number of hydrogen-bond donors (Lipinski definition) is 0. The van der Waals surface area contributed by atoms with E-state index in [1.54, 1.807) is 0 Å². The Bertz CT molecular complexity index is 401. The van der Waals surface area contributed by atoms with Gasteiger partial charge in [-0.2, -0.15) is 0 Å². The molecular weight excluding hydrogens is 203 g/mol. The summed E-state index contributed by atoms with van der Waals surface area (Å²) in [5.41, 5.74) is 1.28. The second kappa shape index (κ2) is 3.35. The lowest BCUT2D eigenvalue weighted by atomic mass is 9.83. The van der Waals surface area contributed by atoms with Gasteiger partial charge in [0.05, 0.1) is 0 Å². The molecule has 0 heterocycles. The lowest BCUT2D eigenvalue weighted by molar-refractivity contribution is 0.0967. The van der Waals surface area contributed by atoms with Gasteiger partial charge in [0, 0.05) is 17.0 Å². The first kappa shape index (κ1) is 9.66. The summed E-state index contributed by atoms with van der Waals surface area (Å²) in [6, 6.07) is 2.56. The van der Waals surface area contributed by atoms with Gasteiger partial charge in [0.1, 0.15) is 5.82 Å². The number of benzene rings is 1. The summed E-state index contributed by atoms with van der Waals surface area (Å²) < 4.78 is 13.0. The highest BCUT2D eigenvalue weighted by molar-refractivity contribution is 6.32. The van der Waals surface area contributed by atoms with Crippen molar-refractivity contribution in [2.45, 2.75) is 25.7 Å². The van der Waals surface area contributed by atoms with Crippen LogP contribution in [-0.2, 0) is 0 Å². The molecule has 1 aliphatic rings. The van der Waals surface area contributed by atoms with E-state index in [0.717, 1.165) is 12.0 Å². The quantitative estimate of drug-likeness (QED) is 0.643. The van der Waals surface area contributed by atoms with Crippen LogP contribution in [0.2, 0.25) is 5.02 Å². The molecule has 0 radical (unpaired) electrons. The number of fused-ring (bicyclic) bond motifs is 1. The van der Waals surface area contributed by atoms with Crippen molar-refractivity contribution in [3.8, 4) is 0 Å². The largest absolute Gasteiger partial charge is 0.294 e. The third-order valence-corrected chi connectivity index (χ3v) is 3.00. The Morgan fingerprint density at radius 3 is 2.93 bits per heavy atom. The number of hydrogen-bond acceptors (Lipinski definition) is 1. The van der Waals surface area contributed by atoms with Crippen LogP contribution in [-0.4, -0.2) is 5.78 Å². The van der Waals surface area contributed by atoms with E-state index in [1.807, 2.05) is 6.92 Å². The van der Waals surface area contributed by atoms with Gasteiger partial charge >= 0.3 is 0 Å². The van der Waals surface area contributed by atoms with Crippen LogP contribution in [0, 0.1) is 5.82 Å². The molecule has 1 aromatic rings. The Kier molecular flexibility index (Phi) is 2.31. The Morgan fingerprint density at radius 2 is 2.21 bits per heavy atom. The molecule has 1 aliphatic carbocycles. The molecule has 14 heavy (non-hydrogen) atoms. The van der Waals surface area contributed by atoms with E-state index >= 15 is 0 Å². The minimum atomic E-state index is -0.434. The topological polar surface area (TPSA) is 17.1 Å². The lowest BCUT2D eigenvalue weighted by Gasteiger charge is -2.22. The van der Waals surface area contributed by atoms with Gasteiger partial charge in [-0.1, -0.05) is 18.5 Å². The van der Waals surface area contributed by atoms with Gasteiger partial charge in [0.2, 0.25) is 0 Å². The first-order valence-corrected chi connectivity index (χ1v) is 4.99. The van der Waals surface area contributed by atoms with Gasteiger partial charge in [-0.25, -0.2) is 4.39 Å². The average Bonchev–Trinajstić information content (AvgIpc) is 2.10. The summed E-state index contributed by atoms with van der Waals surface area (Å²) in [5.74, 6) is -0.188. The number of ketones is 1. The SMILES string of the molecule is CC1CCC(=O)c2cc(F)cc(Cl)c21. The van der Waals surface area contributed by atoms with Crippen LogP contribution >= 0.6 is 11.6 Å². The highest BCUT2D eigenvalue weighted by Gasteiger charge is 2.25. The van der Waals surface area contributed by atoms with Crippen molar-refractivity contribution in [3.63, 3.8) is 0 Å². The Morgan fingerprint density at radius 1 is 1.50 bits per heavy atom. The maximum atomic E-state index is 13.0. The lowest BCUT2D eigenvalue weighted by Crippen LogP contribution is -2.14. The zero-order valence-electron chi connectivity index (χ0n) is 7.81. The van der Waals surface area contributed by atoms with Gasteiger partial charge in [-0.15, -0.1) is 0 Å². The van der Waals surface area contributed by atoms with E-state index in [1.165, 1.54) is 12.1 Å². The fourth-order valence-electron chi connectivity index (χ4n) is 1.94. The number of carbonyl (C=O) groups excluding carboxylic acids is 1. The fraction of sp³-hybridized carbons (Fsp3) is 0.364. The van der Waals surface area contributed by atoms with Crippen molar-refractivity contribution in [2.24, 2.45) is 0 Å². The highest BCUT2D eigenvalue weighted by atomic mass is 35.5. The van der Waals surface area contributed by atoms with E-state index in [-0.39, 0.29) is 11.7 Å². The molecule has 0 fully saturated rings. The molecule has 1 atom stereocenters. The van der Waals surface area contributed by atoms with Crippen LogP contribution in [0.3, 0.4) is 0 Å². The molecule has 0 saturated heterocycles. The predicted octanol–water partition coefficient (Wildman–Crippen LogP) is 3.56. The fourth-order valence-corrected chi connectivity index (χ4v) is 2.34. The molecule has 0 amide bonds. The van der Waals surface area contributed by atoms with Crippen molar-refractivity contribution >= 4 is 17.4 Å². The molecule has 0 spiro atoms. The van der Waals surface area contributed by atoms with Crippen molar-refractivity contribution in [1.29, 1.82) is 0 Å². The summed E-state index contributed by atoms with van der Waals surface area (Å²) in [7, 11) is 0. The van der Waals surface area contributed by atoms with Gasteiger partial charge in [0.25, 0.3) is 0 Å². The van der Waals surface area contributed by atoms with Gasteiger partial charge in [0.15, 0.2) is 5.78 Å². The molecule has 1 aromatic carbocycles. The third kappa shape index (κ3) is 1.44. The van der Waals surface area contributed by atoms with Crippen LogP contribution < -0.4 is 0 Å². The molecule has 0 aromatic heterocycles. The van der Waals surface area contributed by atoms with E-state index in [4.69, 9.17) is 11.6 Å². The first-order chi connectivity index (χ1) is 6.59. The first-order valence-electron chi connectivity index (χ1n) is 4.61. The molecular formula is C11H10ClFO.